The van der Waals surface area contributed by atoms with Crippen molar-refractivity contribution >= 4 is 23.2 Å². The lowest BCUT2D eigenvalue weighted by molar-refractivity contribution is -0.142. The van der Waals surface area contributed by atoms with Crippen LogP contribution >= 0.6 is 0 Å². The van der Waals surface area contributed by atoms with Crippen LogP contribution in [-0.2, 0) is 4.79 Å². The highest BCUT2D eigenvalue weighted by atomic mass is 16.5. The van der Waals surface area contributed by atoms with E-state index in [-0.39, 0.29) is 16.7 Å². The summed E-state index contributed by atoms with van der Waals surface area (Å²) in [5.74, 6) is -0.177. The molecule has 0 atom stereocenters. The average Bonchev–Trinajstić information content (AvgIpc) is 2.66. The van der Waals surface area contributed by atoms with Crippen molar-refractivity contribution in [3.8, 4) is 5.75 Å². The Bertz CT molecular complexity index is 747. The molecule has 0 bridgehead atoms. The van der Waals surface area contributed by atoms with Gasteiger partial charge in [-0.05, 0) is 27.7 Å². The summed E-state index contributed by atoms with van der Waals surface area (Å²) in [4.78, 5) is 31.3. The van der Waals surface area contributed by atoms with Crippen molar-refractivity contribution in [2.75, 3.05) is 0 Å². The molecule has 2 rings (SSSR count). The first-order valence-corrected chi connectivity index (χ1v) is 6.20. The maximum absolute atomic E-state index is 12.3. The van der Waals surface area contributed by atoms with Gasteiger partial charge in [0, 0.05) is 6.20 Å². The number of ether oxygens (including phenoxy) is 1. The number of esters is 1. The molecule has 2 aromatic heterocycles. The van der Waals surface area contributed by atoms with E-state index in [2.05, 4.69) is 16.5 Å². The maximum Gasteiger partial charge on any atom is 0.316 e. The monoisotopic (exact) mass is 275 g/mol. The van der Waals surface area contributed by atoms with Crippen LogP contribution in [0.1, 0.15) is 26.5 Å². The first kappa shape index (κ1) is 14.0. The lowest BCUT2D eigenvalue weighted by Gasteiger charge is -2.16. The van der Waals surface area contributed by atoms with Gasteiger partial charge in [0.1, 0.15) is 17.4 Å². The third-order valence-electron chi connectivity index (χ3n) is 2.87. The third kappa shape index (κ3) is 2.24. The molecule has 0 aliphatic rings. The smallest absolute Gasteiger partial charge is 0.316 e. The summed E-state index contributed by atoms with van der Waals surface area (Å²) in [7, 11) is 0. The Hall–Kier alpha value is -2.37. The van der Waals surface area contributed by atoms with Gasteiger partial charge in [-0.2, -0.15) is 0 Å². The molecule has 0 spiro atoms. The van der Waals surface area contributed by atoms with Gasteiger partial charge in [-0.15, -0.1) is 0 Å². The molecule has 0 fully saturated rings. The number of carbonyl (C=O) groups excluding carboxylic acids is 1. The van der Waals surface area contributed by atoms with Crippen LogP contribution in [-0.4, -0.2) is 20.5 Å². The van der Waals surface area contributed by atoms with Gasteiger partial charge < -0.3 is 9.72 Å². The number of fused-ring (bicyclic) bond motifs is 1. The Balaban J connectivity index is 2.64. The second-order valence-electron chi connectivity index (χ2n) is 5.58. The van der Waals surface area contributed by atoms with Gasteiger partial charge in [0.2, 0.25) is 0 Å². The standard InChI is InChI=1S/C14H17N3O3/c1-6-17-7-15-11-9(12(17)18)10(8(2)16-11)20-13(19)14(3,4)5/h6-7,16H,1H2,2-5H3. The summed E-state index contributed by atoms with van der Waals surface area (Å²) in [5, 5.41) is 0.252. The summed E-state index contributed by atoms with van der Waals surface area (Å²) in [6.45, 7) is 10.5. The molecule has 0 aliphatic heterocycles. The summed E-state index contributed by atoms with van der Waals surface area (Å²) < 4.78 is 6.63. The number of aryl methyl sites for hydroxylation is 1. The minimum atomic E-state index is -0.657. The van der Waals surface area contributed by atoms with Crippen LogP contribution in [0.2, 0.25) is 0 Å². The summed E-state index contributed by atoms with van der Waals surface area (Å²) >= 11 is 0. The largest absolute Gasteiger partial charge is 0.423 e. The van der Waals surface area contributed by atoms with E-state index < -0.39 is 11.4 Å². The van der Waals surface area contributed by atoms with Crippen LogP contribution < -0.4 is 10.3 Å². The zero-order valence-corrected chi connectivity index (χ0v) is 12.0. The highest BCUT2D eigenvalue weighted by Crippen LogP contribution is 2.28. The zero-order chi connectivity index (χ0) is 15.1. The summed E-state index contributed by atoms with van der Waals surface area (Å²) in [6.07, 6.45) is 2.72. The van der Waals surface area contributed by atoms with E-state index in [9.17, 15) is 9.59 Å². The molecule has 0 unspecified atom stereocenters. The average molecular weight is 275 g/mol. The summed E-state index contributed by atoms with van der Waals surface area (Å²) in [5.41, 5.74) is -0.00669. The van der Waals surface area contributed by atoms with Crippen molar-refractivity contribution in [1.82, 2.24) is 14.5 Å². The first-order chi connectivity index (χ1) is 9.25. The van der Waals surface area contributed by atoms with Crippen molar-refractivity contribution in [2.24, 2.45) is 5.41 Å². The molecule has 0 aromatic carbocycles. The lowest BCUT2D eigenvalue weighted by Crippen LogP contribution is -2.26. The van der Waals surface area contributed by atoms with Gasteiger partial charge in [-0.1, -0.05) is 6.58 Å². The molecule has 1 N–H and O–H groups in total. The molecule has 6 nitrogen and oxygen atoms in total. The molecule has 0 amide bonds. The number of rotatable bonds is 2. The Labute approximate surface area is 116 Å². The van der Waals surface area contributed by atoms with Gasteiger partial charge in [0.05, 0.1) is 11.1 Å². The van der Waals surface area contributed by atoms with Gasteiger partial charge in [-0.3, -0.25) is 14.2 Å². The van der Waals surface area contributed by atoms with Crippen LogP contribution in [0.25, 0.3) is 17.2 Å². The van der Waals surface area contributed by atoms with E-state index in [0.717, 1.165) is 0 Å². The Kier molecular flexibility index (Phi) is 3.25. The SMILES string of the molecule is C=Cn1cnc2[nH]c(C)c(OC(=O)C(C)(C)C)c2c1=O. The van der Waals surface area contributed by atoms with E-state index >= 15 is 0 Å². The Morgan fingerprint density at radius 1 is 1.50 bits per heavy atom. The van der Waals surface area contributed by atoms with Crippen LogP contribution in [0.3, 0.4) is 0 Å². The molecule has 0 saturated carbocycles. The van der Waals surface area contributed by atoms with Crippen molar-refractivity contribution < 1.29 is 9.53 Å². The minimum Gasteiger partial charge on any atom is -0.423 e. The van der Waals surface area contributed by atoms with Gasteiger partial charge in [0.15, 0.2) is 5.75 Å². The van der Waals surface area contributed by atoms with Crippen LogP contribution in [0, 0.1) is 12.3 Å². The number of nitrogens with zero attached hydrogens (tertiary/aromatic N) is 2. The van der Waals surface area contributed by atoms with E-state index in [0.29, 0.717) is 11.3 Å². The molecular weight excluding hydrogens is 258 g/mol. The van der Waals surface area contributed by atoms with Crippen LogP contribution in [0.15, 0.2) is 17.7 Å². The third-order valence-corrected chi connectivity index (χ3v) is 2.87. The predicted molar refractivity (Wildman–Crippen MR) is 76.6 cm³/mol. The van der Waals surface area contributed by atoms with Crippen molar-refractivity contribution in [3.05, 3.63) is 29.0 Å². The molecule has 2 aromatic rings. The lowest BCUT2D eigenvalue weighted by atomic mass is 9.97. The molecule has 6 heteroatoms. The second-order valence-corrected chi connectivity index (χ2v) is 5.58. The normalized spacial score (nSPS) is 11.6. The zero-order valence-electron chi connectivity index (χ0n) is 12.0. The molecule has 0 aliphatic carbocycles. The van der Waals surface area contributed by atoms with Gasteiger partial charge in [0.25, 0.3) is 5.56 Å². The number of H-pyrrole nitrogens is 1. The van der Waals surface area contributed by atoms with E-state index in [1.165, 1.54) is 17.1 Å². The number of hydrogen-bond donors (Lipinski definition) is 1. The number of carbonyl (C=O) groups is 1. The highest BCUT2D eigenvalue weighted by Gasteiger charge is 2.26. The van der Waals surface area contributed by atoms with Gasteiger partial charge in [-0.25, -0.2) is 4.98 Å². The van der Waals surface area contributed by atoms with Crippen LogP contribution in [0.5, 0.6) is 5.75 Å². The van der Waals surface area contributed by atoms with Crippen molar-refractivity contribution in [1.29, 1.82) is 0 Å². The van der Waals surface area contributed by atoms with Crippen molar-refractivity contribution in [3.63, 3.8) is 0 Å². The second kappa shape index (κ2) is 4.63. The maximum atomic E-state index is 12.3. The number of aromatic nitrogens is 3. The highest BCUT2D eigenvalue weighted by molar-refractivity contribution is 5.88. The van der Waals surface area contributed by atoms with E-state index in [4.69, 9.17) is 4.74 Å². The molecule has 0 radical (unpaired) electrons. The Morgan fingerprint density at radius 3 is 2.70 bits per heavy atom. The fourth-order valence-electron chi connectivity index (χ4n) is 1.69. The minimum absolute atomic E-state index is 0.230. The van der Waals surface area contributed by atoms with E-state index in [1.807, 2.05) is 0 Å². The first-order valence-electron chi connectivity index (χ1n) is 6.20. The Morgan fingerprint density at radius 2 is 2.15 bits per heavy atom. The molecule has 20 heavy (non-hydrogen) atoms. The quantitative estimate of drug-likeness (QED) is 0.851. The fourth-order valence-corrected chi connectivity index (χ4v) is 1.69. The van der Waals surface area contributed by atoms with Gasteiger partial charge >= 0.3 is 5.97 Å². The van der Waals surface area contributed by atoms with Crippen LogP contribution in [0.4, 0.5) is 0 Å². The molecule has 0 saturated heterocycles. The number of aromatic amines is 1. The summed E-state index contributed by atoms with van der Waals surface area (Å²) in [6, 6.07) is 0. The molecular formula is C14H17N3O3. The number of hydrogen-bond acceptors (Lipinski definition) is 4. The van der Waals surface area contributed by atoms with Crippen molar-refractivity contribution in [2.45, 2.75) is 27.7 Å². The number of nitrogens with one attached hydrogen (secondary N) is 1. The topological polar surface area (TPSA) is 77.0 Å². The predicted octanol–water partition coefficient (Wildman–Crippen LogP) is 2.09. The molecule has 2 heterocycles. The molecule has 106 valence electrons. The van der Waals surface area contributed by atoms with E-state index in [1.54, 1.807) is 27.7 Å². The fraction of sp³-hybridized carbons (Fsp3) is 0.357.